The van der Waals surface area contributed by atoms with Gasteiger partial charge in [0, 0.05) is 25.8 Å². The third kappa shape index (κ3) is 4.81. The van der Waals surface area contributed by atoms with E-state index in [1.807, 2.05) is 17.9 Å². The number of aryl methyl sites for hydroxylation is 1. The van der Waals surface area contributed by atoms with Crippen molar-refractivity contribution in [1.82, 2.24) is 15.4 Å². The van der Waals surface area contributed by atoms with E-state index in [1.54, 1.807) is 31.6 Å². The lowest BCUT2D eigenvalue weighted by molar-refractivity contribution is 0.0462. The summed E-state index contributed by atoms with van der Waals surface area (Å²) in [5.74, 6) is 0.102. The van der Waals surface area contributed by atoms with E-state index in [2.05, 4.69) is 15.8 Å². The quantitative estimate of drug-likeness (QED) is 0.550. The molecular weight excluding hydrogens is 347 g/mol. The van der Waals surface area contributed by atoms with Crippen LogP contribution < -0.4 is 10.8 Å². The number of pyridine rings is 1. The van der Waals surface area contributed by atoms with Crippen molar-refractivity contribution >= 4 is 17.3 Å². The maximum absolute atomic E-state index is 14.1. The first-order valence-corrected chi connectivity index (χ1v) is 9.10. The van der Waals surface area contributed by atoms with Crippen molar-refractivity contribution in [3.8, 4) is 0 Å². The molecule has 27 heavy (non-hydrogen) atoms. The molecule has 3 rings (SSSR count). The fourth-order valence-electron chi connectivity index (χ4n) is 3.20. The number of nitrogens with one attached hydrogen (secondary N) is 2. The molecule has 1 aromatic heterocycles. The van der Waals surface area contributed by atoms with Crippen LogP contribution in [-0.2, 0) is 4.84 Å². The van der Waals surface area contributed by atoms with Crippen LogP contribution in [0.5, 0.6) is 0 Å². The van der Waals surface area contributed by atoms with Gasteiger partial charge in [0.2, 0.25) is 0 Å². The fourth-order valence-corrected chi connectivity index (χ4v) is 3.20. The van der Waals surface area contributed by atoms with Crippen LogP contribution in [0.3, 0.4) is 0 Å². The fraction of sp³-hybridized carbons (Fsp3) is 0.400. The highest BCUT2D eigenvalue weighted by Gasteiger charge is 2.31. The first-order chi connectivity index (χ1) is 13.1. The minimum absolute atomic E-state index is 0.0568. The van der Waals surface area contributed by atoms with Gasteiger partial charge in [-0.1, -0.05) is 6.07 Å². The van der Waals surface area contributed by atoms with Gasteiger partial charge in [0.25, 0.3) is 5.91 Å². The van der Waals surface area contributed by atoms with Gasteiger partial charge in [-0.3, -0.25) is 9.78 Å². The Hall–Kier alpha value is -2.51. The summed E-state index contributed by atoms with van der Waals surface area (Å²) in [4.78, 5) is 23.5. The van der Waals surface area contributed by atoms with Gasteiger partial charge in [0.05, 0.1) is 30.2 Å². The molecule has 7 heteroatoms. The van der Waals surface area contributed by atoms with E-state index in [1.165, 1.54) is 6.07 Å². The number of aromatic nitrogens is 1. The van der Waals surface area contributed by atoms with E-state index in [9.17, 15) is 9.18 Å². The molecule has 1 aliphatic heterocycles. The van der Waals surface area contributed by atoms with Crippen LogP contribution in [0.2, 0.25) is 0 Å². The third-order valence-corrected chi connectivity index (χ3v) is 4.73. The molecule has 0 bridgehead atoms. The van der Waals surface area contributed by atoms with Crippen LogP contribution in [0.1, 0.15) is 28.8 Å². The molecule has 144 valence electrons. The molecule has 2 aromatic rings. The number of hydrogen-bond acceptors (Lipinski definition) is 5. The second kappa shape index (κ2) is 8.92. The van der Waals surface area contributed by atoms with Crippen molar-refractivity contribution < 1.29 is 14.0 Å². The normalized spacial score (nSPS) is 14.1. The van der Waals surface area contributed by atoms with E-state index in [0.29, 0.717) is 22.9 Å². The minimum Gasteiger partial charge on any atom is -0.351 e. The van der Waals surface area contributed by atoms with Gasteiger partial charge in [0.15, 0.2) is 0 Å². The molecule has 1 aromatic carbocycles. The summed E-state index contributed by atoms with van der Waals surface area (Å²) in [5.41, 5.74) is 5.01. The second-order valence-electron chi connectivity index (χ2n) is 6.85. The highest BCUT2D eigenvalue weighted by Crippen LogP contribution is 2.27. The smallest absolute Gasteiger partial charge is 0.256 e. The Kier molecular flexibility index (Phi) is 6.36. The van der Waals surface area contributed by atoms with Crippen LogP contribution in [0.25, 0.3) is 0 Å². The Morgan fingerprint density at radius 2 is 2.15 bits per heavy atom. The zero-order valence-electron chi connectivity index (χ0n) is 15.7. The standard InChI is InChI=1S/C20H25FN4O2/c1-14-5-6-18(17(21)10-14)24-19-11-22-9-7-16(19)20(26)25-12-15(13-25)4-3-8-23-27-2/h5-7,9-11,15,23-24H,3-4,8,12-13H2,1-2H3. The maximum atomic E-state index is 14.1. The average molecular weight is 372 g/mol. The Bertz CT molecular complexity index is 793. The molecule has 0 radical (unpaired) electrons. The van der Waals surface area contributed by atoms with Gasteiger partial charge < -0.3 is 15.1 Å². The molecule has 0 atom stereocenters. The number of anilines is 2. The number of hydrogen-bond donors (Lipinski definition) is 2. The molecule has 1 aliphatic rings. The lowest BCUT2D eigenvalue weighted by Crippen LogP contribution is -2.50. The number of carbonyl (C=O) groups is 1. The predicted molar refractivity (Wildman–Crippen MR) is 102 cm³/mol. The van der Waals surface area contributed by atoms with Crippen LogP contribution in [-0.4, -0.2) is 42.5 Å². The molecule has 1 saturated heterocycles. The molecule has 2 heterocycles. The first kappa shape index (κ1) is 19.3. The molecule has 1 amide bonds. The third-order valence-electron chi connectivity index (χ3n) is 4.73. The highest BCUT2D eigenvalue weighted by atomic mass is 19.1. The van der Waals surface area contributed by atoms with Crippen molar-refractivity contribution in [3.63, 3.8) is 0 Å². The molecule has 0 saturated carbocycles. The van der Waals surface area contributed by atoms with Crippen LogP contribution in [0.15, 0.2) is 36.7 Å². The van der Waals surface area contributed by atoms with Gasteiger partial charge in [-0.15, -0.1) is 0 Å². The summed E-state index contributed by atoms with van der Waals surface area (Å²) in [6, 6.07) is 6.62. The zero-order chi connectivity index (χ0) is 19.2. The average Bonchev–Trinajstić information content (AvgIpc) is 2.62. The summed E-state index contributed by atoms with van der Waals surface area (Å²) in [7, 11) is 1.60. The number of amides is 1. The van der Waals surface area contributed by atoms with Crippen LogP contribution in [0, 0.1) is 18.7 Å². The van der Waals surface area contributed by atoms with E-state index in [-0.39, 0.29) is 11.7 Å². The first-order valence-electron chi connectivity index (χ1n) is 9.10. The Labute approximate surface area is 158 Å². The Morgan fingerprint density at radius 3 is 2.89 bits per heavy atom. The number of rotatable bonds is 8. The summed E-state index contributed by atoms with van der Waals surface area (Å²) in [5, 5.41) is 3.00. The molecular formula is C20H25FN4O2. The minimum atomic E-state index is -0.356. The van der Waals surface area contributed by atoms with E-state index in [0.717, 1.165) is 38.0 Å². The molecule has 1 fully saturated rings. The van der Waals surface area contributed by atoms with Gasteiger partial charge in [-0.2, -0.15) is 0 Å². The summed E-state index contributed by atoms with van der Waals surface area (Å²) in [6.07, 6.45) is 5.20. The van der Waals surface area contributed by atoms with Gasteiger partial charge >= 0.3 is 0 Å². The number of halogens is 1. The highest BCUT2D eigenvalue weighted by molar-refractivity contribution is 6.00. The number of nitrogens with zero attached hydrogens (tertiary/aromatic N) is 2. The predicted octanol–water partition coefficient (Wildman–Crippen LogP) is 3.28. The SMILES string of the molecule is CONCCCC1CN(C(=O)c2ccncc2Nc2ccc(C)cc2F)C1. The topological polar surface area (TPSA) is 66.5 Å². The summed E-state index contributed by atoms with van der Waals surface area (Å²) in [6.45, 7) is 4.12. The maximum Gasteiger partial charge on any atom is 0.256 e. The number of benzene rings is 1. The lowest BCUT2D eigenvalue weighted by atomic mass is 9.94. The molecule has 0 aliphatic carbocycles. The number of hydroxylamine groups is 1. The Balaban J connectivity index is 1.62. The van der Waals surface area contributed by atoms with E-state index < -0.39 is 0 Å². The van der Waals surface area contributed by atoms with Crippen molar-refractivity contribution in [2.75, 3.05) is 32.1 Å². The van der Waals surface area contributed by atoms with Crippen LogP contribution in [0.4, 0.5) is 15.8 Å². The van der Waals surface area contributed by atoms with Crippen LogP contribution >= 0.6 is 0 Å². The lowest BCUT2D eigenvalue weighted by Gasteiger charge is -2.39. The van der Waals surface area contributed by atoms with Gasteiger partial charge in [-0.05, 0) is 49.4 Å². The van der Waals surface area contributed by atoms with Crippen molar-refractivity contribution in [1.29, 1.82) is 0 Å². The van der Waals surface area contributed by atoms with E-state index in [4.69, 9.17) is 4.84 Å². The molecule has 0 spiro atoms. The molecule has 2 N–H and O–H groups in total. The van der Waals surface area contributed by atoms with Gasteiger partial charge in [-0.25, -0.2) is 9.87 Å². The molecule has 6 nitrogen and oxygen atoms in total. The zero-order valence-corrected chi connectivity index (χ0v) is 15.7. The molecule has 0 unspecified atom stereocenters. The van der Waals surface area contributed by atoms with Crippen molar-refractivity contribution in [2.24, 2.45) is 5.92 Å². The largest absolute Gasteiger partial charge is 0.351 e. The Morgan fingerprint density at radius 1 is 1.33 bits per heavy atom. The number of carbonyl (C=O) groups excluding carboxylic acids is 1. The summed E-state index contributed by atoms with van der Waals surface area (Å²) >= 11 is 0. The monoisotopic (exact) mass is 372 g/mol. The van der Waals surface area contributed by atoms with Crippen molar-refractivity contribution in [2.45, 2.75) is 19.8 Å². The number of likely N-dealkylation sites (tertiary alicyclic amines) is 1. The summed E-state index contributed by atoms with van der Waals surface area (Å²) < 4.78 is 14.1. The van der Waals surface area contributed by atoms with Crippen molar-refractivity contribution in [3.05, 3.63) is 53.6 Å². The van der Waals surface area contributed by atoms with Gasteiger partial charge in [0.1, 0.15) is 5.82 Å². The second-order valence-corrected chi connectivity index (χ2v) is 6.85. The van der Waals surface area contributed by atoms with E-state index >= 15 is 0 Å².